The average molecular weight is 396 g/mol. The second-order valence-electron chi connectivity index (χ2n) is 8.56. The molecule has 0 radical (unpaired) electrons. The first-order chi connectivity index (χ1) is 14.0. The fraction of sp³-hybridized carbons (Fsp3) is 0.524. The van der Waals surface area contributed by atoms with Crippen LogP contribution in [-0.2, 0) is 9.59 Å². The maximum atomic E-state index is 13.3. The van der Waals surface area contributed by atoms with E-state index in [-0.39, 0.29) is 18.7 Å². The largest absolute Gasteiger partial charge is 0.371 e. The first-order valence-corrected chi connectivity index (χ1v) is 10.3. The maximum absolute atomic E-state index is 13.3. The van der Waals surface area contributed by atoms with Crippen molar-refractivity contribution in [3.63, 3.8) is 0 Å². The number of anilines is 1. The second kappa shape index (κ2) is 6.66. The van der Waals surface area contributed by atoms with Crippen molar-refractivity contribution in [3.05, 3.63) is 29.3 Å². The summed E-state index contributed by atoms with van der Waals surface area (Å²) in [6.07, 6.45) is 3.60. The van der Waals surface area contributed by atoms with Crippen LogP contribution < -0.4 is 15.5 Å². The third-order valence-electron chi connectivity index (χ3n) is 6.94. The summed E-state index contributed by atoms with van der Waals surface area (Å²) in [4.78, 5) is 53.2. The Labute approximate surface area is 168 Å². The quantitative estimate of drug-likeness (QED) is 0.713. The summed E-state index contributed by atoms with van der Waals surface area (Å²) >= 11 is 0. The van der Waals surface area contributed by atoms with Crippen molar-refractivity contribution in [2.45, 2.75) is 38.1 Å². The average Bonchev–Trinajstić information content (AvgIpc) is 3.26. The Bertz CT molecular complexity index is 911. The van der Waals surface area contributed by atoms with Gasteiger partial charge in [-0.1, -0.05) is 6.07 Å². The molecule has 1 spiro atoms. The Balaban J connectivity index is 1.42. The molecule has 8 heteroatoms. The summed E-state index contributed by atoms with van der Waals surface area (Å²) < 4.78 is 0. The number of nitrogens with zero attached hydrogens (tertiary/aromatic N) is 2. The number of amides is 4. The van der Waals surface area contributed by atoms with E-state index in [1.165, 1.54) is 6.42 Å². The van der Waals surface area contributed by atoms with Gasteiger partial charge in [-0.05, 0) is 49.8 Å². The van der Waals surface area contributed by atoms with Crippen molar-refractivity contribution in [1.82, 2.24) is 15.5 Å². The van der Waals surface area contributed by atoms with Crippen LogP contribution in [0.5, 0.6) is 0 Å². The molecule has 0 aliphatic carbocycles. The molecule has 4 heterocycles. The highest BCUT2D eigenvalue weighted by molar-refractivity contribution is 6.25. The first-order valence-electron chi connectivity index (χ1n) is 10.3. The van der Waals surface area contributed by atoms with Gasteiger partial charge >= 0.3 is 0 Å². The molecule has 29 heavy (non-hydrogen) atoms. The molecule has 8 nitrogen and oxygen atoms in total. The maximum Gasteiger partial charge on any atom is 0.264 e. The van der Waals surface area contributed by atoms with Crippen LogP contribution in [0.4, 0.5) is 5.69 Å². The minimum Gasteiger partial charge on any atom is -0.371 e. The lowest BCUT2D eigenvalue weighted by molar-refractivity contribution is -0.136. The van der Waals surface area contributed by atoms with Crippen LogP contribution in [0.1, 0.15) is 52.8 Å². The van der Waals surface area contributed by atoms with Gasteiger partial charge in [0.2, 0.25) is 11.8 Å². The molecule has 1 aromatic rings. The van der Waals surface area contributed by atoms with Gasteiger partial charge in [0.15, 0.2) is 0 Å². The molecule has 0 bridgehead atoms. The number of piperidine rings is 2. The lowest BCUT2D eigenvalue weighted by atomic mass is 9.77. The molecule has 0 aromatic heterocycles. The topological polar surface area (TPSA) is 98.8 Å². The van der Waals surface area contributed by atoms with Gasteiger partial charge in [0.05, 0.1) is 16.8 Å². The Kier molecular flexibility index (Phi) is 4.20. The SMILES string of the molecule is O=C1CCC(N2C(=O)c3cccc(N4CCC5(CCNC5)CC4)c3C2=O)C(=O)N1. The molecule has 1 unspecified atom stereocenters. The number of carbonyl (C=O) groups is 4. The summed E-state index contributed by atoms with van der Waals surface area (Å²) in [5.74, 6) is -1.83. The van der Waals surface area contributed by atoms with Crippen LogP contribution in [-0.4, -0.2) is 60.7 Å². The molecule has 4 aliphatic rings. The normalized spacial score (nSPS) is 26.3. The Morgan fingerprint density at radius 2 is 1.79 bits per heavy atom. The first kappa shape index (κ1) is 18.3. The van der Waals surface area contributed by atoms with Crippen LogP contribution >= 0.6 is 0 Å². The van der Waals surface area contributed by atoms with Gasteiger partial charge in [-0.15, -0.1) is 0 Å². The summed E-state index contributed by atoms with van der Waals surface area (Å²) in [5, 5.41) is 5.70. The van der Waals surface area contributed by atoms with E-state index >= 15 is 0 Å². The van der Waals surface area contributed by atoms with E-state index in [0.717, 1.165) is 49.6 Å². The molecule has 0 saturated carbocycles. The van der Waals surface area contributed by atoms with Crippen LogP contribution in [0.2, 0.25) is 0 Å². The zero-order valence-corrected chi connectivity index (χ0v) is 16.2. The van der Waals surface area contributed by atoms with Gasteiger partial charge in [-0.25, -0.2) is 0 Å². The standard InChI is InChI=1S/C21H24N4O4/c26-16-5-4-15(18(27)23-16)25-19(28)13-2-1-3-14(17(13)20(25)29)24-10-7-21(8-11-24)6-9-22-12-21/h1-3,15,22H,4-12H2,(H,23,26,27). The number of nitrogens with one attached hydrogen (secondary N) is 2. The highest BCUT2D eigenvalue weighted by Gasteiger charge is 2.46. The molecule has 1 atom stereocenters. The zero-order valence-electron chi connectivity index (χ0n) is 16.2. The van der Waals surface area contributed by atoms with Crippen molar-refractivity contribution >= 4 is 29.3 Å². The van der Waals surface area contributed by atoms with E-state index in [1.807, 2.05) is 6.07 Å². The van der Waals surface area contributed by atoms with Crippen molar-refractivity contribution < 1.29 is 19.2 Å². The van der Waals surface area contributed by atoms with Gasteiger partial charge in [0.25, 0.3) is 11.8 Å². The van der Waals surface area contributed by atoms with Gasteiger partial charge < -0.3 is 10.2 Å². The van der Waals surface area contributed by atoms with Crippen molar-refractivity contribution in [2.75, 3.05) is 31.1 Å². The van der Waals surface area contributed by atoms with Crippen LogP contribution in [0.3, 0.4) is 0 Å². The number of imide groups is 2. The fourth-order valence-corrected chi connectivity index (χ4v) is 5.20. The molecule has 2 N–H and O–H groups in total. The molecule has 3 saturated heterocycles. The molecule has 1 aromatic carbocycles. The highest BCUT2D eigenvalue weighted by Crippen LogP contribution is 2.40. The van der Waals surface area contributed by atoms with Crippen LogP contribution in [0.15, 0.2) is 18.2 Å². The smallest absolute Gasteiger partial charge is 0.264 e. The van der Waals surface area contributed by atoms with Crippen LogP contribution in [0.25, 0.3) is 0 Å². The monoisotopic (exact) mass is 396 g/mol. The van der Waals surface area contributed by atoms with Gasteiger partial charge in [-0.2, -0.15) is 0 Å². The Morgan fingerprint density at radius 3 is 2.48 bits per heavy atom. The molecular formula is C21H24N4O4. The van der Waals surface area contributed by atoms with E-state index in [2.05, 4.69) is 15.5 Å². The van der Waals surface area contributed by atoms with Crippen molar-refractivity contribution in [2.24, 2.45) is 5.41 Å². The molecule has 152 valence electrons. The molecule has 3 fully saturated rings. The van der Waals surface area contributed by atoms with Crippen molar-refractivity contribution in [1.29, 1.82) is 0 Å². The number of benzene rings is 1. The van der Waals surface area contributed by atoms with E-state index in [4.69, 9.17) is 0 Å². The minimum absolute atomic E-state index is 0.124. The predicted octanol–water partition coefficient (Wildman–Crippen LogP) is 0.668. The second-order valence-corrected chi connectivity index (χ2v) is 8.56. The summed E-state index contributed by atoms with van der Waals surface area (Å²) in [7, 11) is 0. The van der Waals surface area contributed by atoms with Crippen molar-refractivity contribution in [3.8, 4) is 0 Å². The Hall–Kier alpha value is -2.74. The summed E-state index contributed by atoms with van der Waals surface area (Å²) in [6.45, 7) is 3.80. The summed E-state index contributed by atoms with van der Waals surface area (Å²) in [6, 6.07) is 4.41. The predicted molar refractivity (Wildman–Crippen MR) is 104 cm³/mol. The lowest BCUT2D eigenvalue weighted by Crippen LogP contribution is -2.54. The lowest BCUT2D eigenvalue weighted by Gasteiger charge is -2.40. The van der Waals surface area contributed by atoms with Gasteiger partial charge in [0.1, 0.15) is 6.04 Å². The molecule has 4 aliphatic heterocycles. The van der Waals surface area contributed by atoms with E-state index in [1.54, 1.807) is 12.1 Å². The van der Waals surface area contributed by atoms with Gasteiger partial charge in [0, 0.05) is 26.1 Å². The number of fused-ring (bicyclic) bond motifs is 1. The Morgan fingerprint density at radius 1 is 1.00 bits per heavy atom. The fourth-order valence-electron chi connectivity index (χ4n) is 5.20. The molecule has 5 rings (SSSR count). The number of rotatable bonds is 2. The zero-order chi connectivity index (χ0) is 20.2. The third-order valence-corrected chi connectivity index (χ3v) is 6.94. The van der Waals surface area contributed by atoms with E-state index in [0.29, 0.717) is 16.5 Å². The van der Waals surface area contributed by atoms with E-state index in [9.17, 15) is 19.2 Å². The molecule has 4 amide bonds. The van der Waals surface area contributed by atoms with Gasteiger partial charge in [-0.3, -0.25) is 29.4 Å². The number of carbonyl (C=O) groups excluding carboxylic acids is 4. The number of hydrogen-bond acceptors (Lipinski definition) is 6. The third kappa shape index (κ3) is 2.85. The van der Waals surface area contributed by atoms with Crippen LogP contribution in [0, 0.1) is 5.41 Å². The minimum atomic E-state index is -0.929. The summed E-state index contributed by atoms with van der Waals surface area (Å²) in [5.41, 5.74) is 1.87. The van der Waals surface area contributed by atoms with E-state index < -0.39 is 23.8 Å². The number of hydrogen-bond donors (Lipinski definition) is 2. The highest BCUT2D eigenvalue weighted by atomic mass is 16.2. The molecular weight excluding hydrogens is 372 g/mol.